The summed E-state index contributed by atoms with van der Waals surface area (Å²) in [6.45, 7) is 8.32. The minimum absolute atomic E-state index is 0.330. The number of pyridine rings is 3. The van der Waals surface area contributed by atoms with Crippen LogP contribution in [0.4, 0.5) is 5.69 Å². The Labute approximate surface area is 207 Å². The van der Waals surface area contributed by atoms with Crippen LogP contribution in [-0.4, -0.2) is 35.1 Å². The van der Waals surface area contributed by atoms with Crippen LogP contribution in [0.3, 0.4) is 0 Å². The largest absolute Gasteiger partial charge is 0.358 e. The van der Waals surface area contributed by atoms with E-state index < -0.39 is 0 Å². The number of nitrogens with one attached hydrogen (secondary N) is 3. The zero-order valence-electron chi connectivity index (χ0n) is 19.9. The average Bonchev–Trinajstić information content (AvgIpc) is 3.53. The van der Waals surface area contributed by atoms with Crippen molar-refractivity contribution in [3.05, 3.63) is 85.9 Å². The van der Waals surface area contributed by atoms with Gasteiger partial charge in [-0.15, -0.1) is 0 Å². The lowest BCUT2D eigenvalue weighted by molar-refractivity contribution is 0.778. The fourth-order valence-corrected chi connectivity index (χ4v) is 4.16. The second kappa shape index (κ2) is 8.74. The molecule has 0 aliphatic carbocycles. The lowest BCUT2D eigenvalue weighted by Gasteiger charge is -2.13. The average molecular weight is 473 g/mol. The molecule has 8 nitrogen and oxygen atoms in total. The molecule has 176 valence electrons. The molecule has 0 aliphatic rings. The number of hydrogen-bond donors (Lipinski definition) is 3. The summed E-state index contributed by atoms with van der Waals surface area (Å²) < 4.78 is 0. The summed E-state index contributed by atoms with van der Waals surface area (Å²) in [7, 11) is 0. The van der Waals surface area contributed by atoms with Crippen molar-refractivity contribution in [2.45, 2.75) is 13.8 Å². The minimum atomic E-state index is 0.330. The number of fused-ring (bicyclic) bond motifs is 2. The lowest BCUT2D eigenvalue weighted by Crippen LogP contribution is -2.04. The molecule has 0 aliphatic heterocycles. The summed E-state index contributed by atoms with van der Waals surface area (Å²) in [5.74, 6) is 1.01. The third-order valence-electron chi connectivity index (χ3n) is 6.25. The Hall–Kier alpha value is -4.85. The van der Waals surface area contributed by atoms with E-state index >= 15 is 0 Å². The van der Waals surface area contributed by atoms with Gasteiger partial charge in [0.05, 0.1) is 34.6 Å². The third-order valence-corrected chi connectivity index (χ3v) is 6.25. The van der Waals surface area contributed by atoms with Crippen LogP contribution in [0.25, 0.3) is 55.7 Å². The summed E-state index contributed by atoms with van der Waals surface area (Å²) in [4.78, 5) is 21.3. The number of rotatable bonds is 6. The number of hydrogen-bond acceptors (Lipinski definition) is 6. The zero-order valence-corrected chi connectivity index (χ0v) is 19.9. The van der Waals surface area contributed by atoms with E-state index in [1.807, 2.05) is 36.8 Å². The number of nitrogens with zero attached hydrogens (tertiary/aromatic N) is 5. The summed E-state index contributed by atoms with van der Waals surface area (Å²) >= 11 is 0. The van der Waals surface area contributed by atoms with Gasteiger partial charge in [0.15, 0.2) is 5.82 Å². The van der Waals surface area contributed by atoms with Crippen LogP contribution in [-0.2, 0) is 0 Å². The van der Waals surface area contributed by atoms with E-state index in [1.54, 1.807) is 18.6 Å². The van der Waals surface area contributed by atoms with Gasteiger partial charge in [-0.3, -0.25) is 20.1 Å². The molecule has 36 heavy (non-hydrogen) atoms. The molecule has 0 unspecified atom stereocenters. The maximum Gasteiger partial charge on any atom is 0.159 e. The van der Waals surface area contributed by atoms with Crippen LogP contribution in [0.15, 0.2) is 85.9 Å². The highest BCUT2D eigenvalue weighted by molar-refractivity contribution is 5.98. The van der Waals surface area contributed by atoms with E-state index in [0.29, 0.717) is 11.7 Å². The Morgan fingerprint density at radius 2 is 1.69 bits per heavy atom. The van der Waals surface area contributed by atoms with Crippen LogP contribution in [0.5, 0.6) is 0 Å². The van der Waals surface area contributed by atoms with E-state index in [9.17, 15) is 0 Å². The van der Waals surface area contributed by atoms with Crippen molar-refractivity contribution in [2.75, 3.05) is 5.32 Å². The standard InChI is InChI=1S/C28H24N8/c1-16(2)17(3)32-21-10-20(12-30-13-21)19-4-5-24-22(11-19)27(36-35-24)28-33-25-15-31-14-23(26(25)34-28)18-6-8-29-9-7-18/h4-16,32H,3H2,1-2H3,(H,33,34)(H,35,36). The normalized spacial score (nSPS) is 11.4. The van der Waals surface area contributed by atoms with Gasteiger partial charge in [-0.2, -0.15) is 5.10 Å². The number of aromatic nitrogens is 7. The minimum Gasteiger partial charge on any atom is -0.358 e. The summed E-state index contributed by atoms with van der Waals surface area (Å²) in [5, 5.41) is 12.0. The predicted octanol–water partition coefficient (Wildman–Crippen LogP) is 6.21. The van der Waals surface area contributed by atoms with Gasteiger partial charge in [0, 0.05) is 47.0 Å². The van der Waals surface area contributed by atoms with Gasteiger partial charge in [0.1, 0.15) is 5.69 Å². The van der Waals surface area contributed by atoms with Crippen molar-refractivity contribution in [2.24, 2.45) is 5.92 Å². The highest BCUT2D eigenvalue weighted by atomic mass is 15.1. The van der Waals surface area contributed by atoms with Gasteiger partial charge in [0.25, 0.3) is 0 Å². The molecule has 3 N–H and O–H groups in total. The topological polar surface area (TPSA) is 108 Å². The molecule has 5 heterocycles. The Morgan fingerprint density at radius 3 is 2.53 bits per heavy atom. The molecule has 0 amide bonds. The molecule has 6 aromatic rings. The SMILES string of the molecule is C=C(Nc1cncc(-c2ccc3[nH]nc(-c4nc5c(-c6ccncc6)cncc5[nH]4)c3c2)c1)C(C)C. The fourth-order valence-electron chi connectivity index (χ4n) is 4.16. The first-order chi connectivity index (χ1) is 17.6. The van der Waals surface area contributed by atoms with Gasteiger partial charge in [0.2, 0.25) is 0 Å². The molecule has 6 rings (SSSR count). The van der Waals surface area contributed by atoms with Crippen LogP contribution in [0.2, 0.25) is 0 Å². The quantitative estimate of drug-likeness (QED) is 0.266. The van der Waals surface area contributed by atoms with Crippen molar-refractivity contribution >= 4 is 27.6 Å². The number of benzene rings is 1. The van der Waals surface area contributed by atoms with E-state index in [1.165, 1.54) is 0 Å². The number of imidazole rings is 1. The van der Waals surface area contributed by atoms with Gasteiger partial charge < -0.3 is 10.3 Å². The molecule has 0 radical (unpaired) electrons. The van der Waals surface area contributed by atoms with Crippen molar-refractivity contribution in [3.8, 4) is 33.8 Å². The van der Waals surface area contributed by atoms with Crippen molar-refractivity contribution in [3.63, 3.8) is 0 Å². The van der Waals surface area contributed by atoms with Crippen LogP contribution in [0.1, 0.15) is 13.8 Å². The van der Waals surface area contributed by atoms with Crippen molar-refractivity contribution < 1.29 is 0 Å². The van der Waals surface area contributed by atoms with E-state index in [-0.39, 0.29) is 0 Å². The predicted molar refractivity (Wildman–Crippen MR) is 143 cm³/mol. The molecular formula is C28H24N8. The molecule has 0 spiro atoms. The lowest BCUT2D eigenvalue weighted by atomic mass is 10.0. The number of anilines is 1. The number of allylic oxidation sites excluding steroid dienone is 1. The smallest absolute Gasteiger partial charge is 0.159 e. The van der Waals surface area contributed by atoms with Gasteiger partial charge in [-0.05, 0) is 47.4 Å². The summed E-state index contributed by atoms with van der Waals surface area (Å²) in [5.41, 5.74) is 9.21. The van der Waals surface area contributed by atoms with Crippen molar-refractivity contribution in [1.29, 1.82) is 0 Å². The maximum absolute atomic E-state index is 4.92. The van der Waals surface area contributed by atoms with Gasteiger partial charge >= 0.3 is 0 Å². The number of aromatic amines is 2. The van der Waals surface area contributed by atoms with E-state index in [2.05, 4.69) is 74.1 Å². The summed E-state index contributed by atoms with van der Waals surface area (Å²) in [6.07, 6.45) is 10.8. The zero-order chi connectivity index (χ0) is 24.6. The first kappa shape index (κ1) is 21.7. The Balaban J connectivity index is 1.41. The maximum atomic E-state index is 4.92. The third kappa shape index (κ3) is 3.88. The molecular weight excluding hydrogens is 448 g/mol. The van der Waals surface area contributed by atoms with Gasteiger partial charge in [-0.1, -0.05) is 26.5 Å². The van der Waals surface area contributed by atoms with Crippen molar-refractivity contribution in [1.82, 2.24) is 35.1 Å². The molecule has 0 saturated heterocycles. The Bertz CT molecular complexity index is 1710. The first-order valence-corrected chi connectivity index (χ1v) is 11.7. The van der Waals surface area contributed by atoms with Gasteiger partial charge in [-0.25, -0.2) is 4.98 Å². The molecule has 0 atom stereocenters. The molecule has 5 aromatic heterocycles. The Morgan fingerprint density at radius 1 is 0.861 bits per heavy atom. The van der Waals surface area contributed by atoms with E-state index in [4.69, 9.17) is 4.98 Å². The fraction of sp³-hybridized carbons (Fsp3) is 0.107. The second-order valence-corrected chi connectivity index (χ2v) is 9.00. The number of H-pyrrole nitrogens is 2. The highest BCUT2D eigenvalue weighted by Gasteiger charge is 2.16. The summed E-state index contributed by atoms with van der Waals surface area (Å²) in [6, 6.07) is 12.2. The van der Waals surface area contributed by atoms with Crippen LogP contribution < -0.4 is 5.32 Å². The monoisotopic (exact) mass is 472 g/mol. The van der Waals surface area contributed by atoms with Crippen LogP contribution >= 0.6 is 0 Å². The molecule has 1 aromatic carbocycles. The molecule has 8 heteroatoms. The Kier molecular flexibility index (Phi) is 5.26. The molecule has 0 bridgehead atoms. The first-order valence-electron chi connectivity index (χ1n) is 11.7. The second-order valence-electron chi connectivity index (χ2n) is 9.00. The molecule has 0 saturated carbocycles. The highest BCUT2D eigenvalue weighted by Crippen LogP contribution is 2.33. The van der Waals surface area contributed by atoms with E-state index in [0.717, 1.165) is 61.3 Å². The van der Waals surface area contributed by atoms with Crippen LogP contribution in [0, 0.1) is 5.92 Å². The molecule has 0 fully saturated rings.